The van der Waals surface area contributed by atoms with Gasteiger partial charge in [-0.1, -0.05) is 84.9 Å². The Morgan fingerprint density at radius 1 is 0.500 bits per heavy atom. The third-order valence-electron chi connectivity index (χ3n) is 9.62. The molecule has 2 aromatic heterocycles. The summed E-state index contributed by atoms with van der Waals surface area (Å²) in [5, 5.41) is 24.3. The van der Waals surface area contributed by atoms with Crippen LogP contribution in [0.25, 0.3) is 82.1 Å². The van der Waals surface area contributed by atoms with Crippen molar-refractivity contribution in [2.75, 3.05) is 0 Å². The summed E-state index contributed by atoms with van der Waals surface area (Å²) >= 11 is 0. The lowest BCUT2D eigenvalue weighted by molar-refractivity contribution is 1.18. The Morgan fingerprint density at radius 3 is 1.82 bits per heavy atom. The molecule has 50 heavy (non-hydrogen) atoms. The molecule has 9 aromatic rings. The van der Waals surface area contributed by atoms with E-state index in [1.165, 1.54) is 10.8 Å². The predicted molar refractivity (Wildman–Crippen MR) is 202 cm³/mol. The third-order valence-corrected chi connectivity index (χ3v) is 9.62. The Labute approximate surface area is 288 Å². The Hall–Kier alpha value is -7.39. The summed E-state index contributed by atoms with van der Waals surface area (Å²) in [6, 6.07) is 55.7. The lowest BCUT2D eigenvalue weighted by Crippen LogP contribution is -1.99. The fraction of sp³-hybridized carbons (Fsp3) is 0. The summed E-state index contributed by atoms with van der Waals surface area (Å²) in [5.41, 5.74) is 11.7. The van der Waals surface area contributed by atoms with Gasteiger partial charge in [-0.15, -0.1) is 0 Å². The number of fused-ring (bicyclic) bond motifs is 6. The largest absolute Gasteiger partial charge is 0.309 e. The monoisotopic (exact) mass is 635 g/mol. The van der Waals surface area contributed by atoms with Crippen LogP contribution in [-0.2, 0) is 0 Å². The highest BCUT2D eigenvalue weighted by molar-refractivity contribution is 6.11. The van der Waals surface area contributed by atoms with E-state index in [9.17, 15) is 10.5 Å². The molecule has 230 valence electrons. The molecule has 0 saturated heterocycles. The van der Waals surface area contributed by atoms with Crippen LogP contribution in [0.4, 0.5) is 5.69 Å². The Balaban J connectivity index is 1.24. The van der Waals surface area contributed by atoms with Gasteiger partial charge in [0.2, 0.25) is 0 Å². The molecule has 5 nitrogen and oxygen atoms in total. The average molecular weight is 636 g/mol. The van der Waals surface area contributed by atoms with E-state index in [4.69, 9.17) is 6.57 Å². The predicted octanol–water partition coefficient (Wildman–Crippen LogP) is 11.5. The van der Waals surface area contributed by atoms with Gasteiger partial charge in [-0.25, -0.2) is 4.85 Å². The zero-order valence-corrected chi connectivity index (χ0v) is 26.7. The second-order valence-electron chi connectivity index (χ2n) is 12.3. The van der Waals surface area contributed by atoms with Crippen molar-refractivity contribution in [2.24, 2.45) is 0 Å². The molecule has 2 heterocycles. The molecule has 0 bridgehead atoms. The molecule has 0 aliphatic heterocycles. The van der Waals surface area contributed by atoms with Gasteiger partial charge in [0.1, 0.15) is 0 Å². The summed E-state index contributed by atoms with van der Waals surface area (Å²) in [5.74, 6) is 0. The van der Waals surface area contributed by atoms with Gasteiger partial charge in [-0.05, 0) is 83.2 Å². The molecule has 9 rings (SSSR count). The molecule has 0 N–H and O–H groups in total. The number of hydrogen-bond acceptors (Lipinski definition) is 2. The third kappa shape index (κ3) is 4.31. The highest BCUT2D eigenvalue weighted by Gasteiger charge is 2.20. The maximum Gasteiger partial charge on any atom is 0.188 e. The van der Waals surface area contributed by atoms with Crippen LogP contribution in [0.15, 0.2) is 152 Å². The maximum atomic E-state index is 10.4. The molecule has 0 atom stereocenters. The molecule has 0 spiro atoms. The Kier molecular flexibility index (Phi) is 6.56. The van der Waals surface area contributed by atoms with Gasteiger partial charge in [0.05, 0.1) is 57.6 Å². The van der Waals surface area contributed by atoms with Crippen molar-refractivity contribution in [3.63, 3.8) is 0 Å². The second kappa shape index (κ2) is 11.4. The van der Waals surface area contributed by atoms with Gasteiger partial charge in [0.25, 0.3) is 0 Å². The van der Waals surface area contributed by atoms with Gasteiger partial charge in [-0.3, -0.25) is 0 Å². The summed E-state index contributed by atoms with van der Waals surface area (Å²) < 4.78 is 4.49. The molecule has 0 unspecified atom stereocenters. The van der Waals surface area contributed by atoms with Gasteiger partial charge < -0.3 is 9.13 Å². The van der Waals surface area contributed by atoms with Crippen molar-refractivity contribution < 1.29 is 0 Å². The first-order valence-corrected chi connectivity index (χ1v) is 16.3. The maximum absolute atomic E-state index is 10.4. The van der Waals surface area contributed by atoms with E-state index in [1.54, 1.807) is 0 Å². The van der Waals surface area contributed by atoms with Crippen LogP contribution in [0.2, 0.25) is 0 Å². The van der Waals surface area contributed by atoms with Crippen molar-refractivity contribution in [2.45, 2.75) is 0 Å². The van der Waals surface area contributed by atoms with Crippen molar-refractivity contribution in [3.8, 4) is 45.8 Å². The highest BCUT2D eigenvalue weighted by atomic mass is 15.0. The van der Waals surface area contributed by atoms with E-state index in [2.05, 4.69) is 129 Å². The van der Waals surface area contributed by atoms with Crippen molar-refractivity contribution in [1.29, 1.82) is 10.5 Å². The summed E-state index contributed by atoms with van der Waals surface area (Å²) in [6.07, 6.45) is 0. The summed E-state index contributed by atoms with van der Waals surface area (Å²) in [4.78, 5) is 3.65. The molecule has 0 fully saturated rings. The molecule has 0 aliphatic rings. The molecule has 7 aromatic carbocycles. The quantitative estimate of drug-likeness (QED) is 0.181. The number of nitrogens with zero attached hydrogens (tertiary/aromatic N) is 5. The van der Waals surface area contributed by atoms with E-state index in [-0.39, 0.29) is 0 Å². The Bertz CT molecular complexity index is 2830. The van der Waals surface area contributed by atoms with Crippen molar-refractivity contribution in [1.82, 2.24) is 9.13 Å². The van der Waals surface area contributed by atoms with Crippen LogP contribution in [0.1, 0.15) is 11.1 Å². The first-order chi connectivity index (χ1) is 24.7. The molecule has 5 heteroatoms. The van der Waals surface area contributed by atoms with Crippen molar-refractivity contribution in [3.05, 3.63) is 174 Å². The number of nitriles is 2. The first-order valence-electron chi connectivity index (χ1n) is 16.3. The number of hydrogen-bond donors (Lipinski definition) is 0. The molecular weight excluding hydrogens is 611 g/mol. The van der Waals surface area contributed by atoms with E-state index < -0.39 is 0 Å². The molecule has 0 amide bonds. The fourth-order valence-corrected chi connectivity index (χ4v) is 7.47. The second-order valence-corrected chi connectivity index (χ2v) is 12.3. The molecule has 0 saturated carbocycles. The van der Waals surface area contributed by atoms with Gasteiger partial charge in [-0.2, -0.15) is 10.5 Å². The van der Waals surface area contributed by atoms with Crippen LogP contribution in [0.3, 0.4) is 0 Å². The lowest BCUT2D eigenvalue weighted by atomic mass is 9.90. The summed E-state index contributed by atoms with van der Waals surface area (Å²) in [7, 11) is 0. The number of rotatable bonds is 4. The van der Waals surface area contributed by atoms with E-state index in [1.807, 2.05) is 48.5 Å². The number of benzene rings is 7. The van der Waals surface area contributed by atoms with E-state index in [0.717, 1.165) is 66.5 Å². The van der Waals surface area contributed by atoms with Crippen LogP contribution in [0.5, 0.6) is 0 Å². The minimum atomic E-state index is 0.552. The molecule has 0 aliphatic carbocycles. The van der Waals surface area contributed by atoms with Gasteiger partial charge in [0.15, 0.2) is 5.69 Å². The molecular formula is C45H25N5. The molecule has 0 radical (unpaired) electrons. The van der Waals surface area contributed by atoms with E-state index in [0.29, 0.717) is 16.8 Å². The average Bonchev–Trinajstić information content (AvgIpc) is 3.69. The summed E-state index contributed by atoms with van der Waals surface area (Å²) in [6.45, 7) is 7.56. The SMILES string of the molecule is [C-]#[N+]c1ccc2c(c1)c1cc(C#N)ccc1n2-c1ccc(-c2c(C#N)cccc2-c2ccccc2-n2c3ccccc3c3ccccc32)cc1. The van der Waals surface area contributed by atoms with Gasteiger partial charge >= 0.3 is 0 Å². The zero-order valence-electron chi connectivity index (χ0n) is 26.7. The minimum Gasteiger partial charge on any atom is -0.309 e. The lowest BCUT2D eigenvalue weighted by Gasteiger charge is -2.18. The first kappa shape index (κ1) is 28.8. The zero-order chi connectivity index (χ0) is 33.8. The van der Waals surface area contributed by atoms with Crippen molar-refractivity contribution >= 4 is 49.3 Å². The smallest absolute Gasteiger partial charge is 0.188 e. The number of aromatic nitrogens is 2. The highest BCUT2D eigenvalue weighted by Crippen LogP contribution is 2.41. The standard InChI is InChI=1S/C45H25N5/c1-48-32-20-24-44-39(26-32)38-25-29(27-46)17-23-43(38)49(44)33-21-18-30(19-22-33)45-31(28-47)9-8-13-37(45)36-12-4-7-16-42(36)50-40-14-5-2-10-34(40)35-11-3-6-15-41(35)50/h2-26H. The van der Waals surface area contributed by atoms with E-state index >= 15 is 0 Å². The minimum absolute atomic E-state index is 0.552. The van der Waals surface area contributed by atoms with Crippen LogP contribution >= 0.6 is 0 Å². The number of para-hydroxylation sites is 3. The topological polar surface area (TPSA) is 61.8 Å². The van der Waals surface area contributed by atoms with Gasteiger partial charge in [0, 0.05) is 33.0 Å². The van der Waals surface area contributed by atoms with Crippen LogP contribution in [-0.4, -0.2) is 9.13 Å². The normalized spacial score (nSPS) is 11.1. The van der Waals surface area contributed by atoms with Crippen LogP contribution < -0.4 is 0 Å². The van der Waals surface area contributed by atoms with Crippen LogP contribution in [0, 0.1) is 29.2 Å². The fourth-order valence-electron chi connectivity index (χ4n) is 7.47. The Morgan fingerprint density at radius 2 is 1.12 bits per heavy atom.